The molecule has 1 aromatic heterocycles. The molecular formula is C15H17NO3. The molecule has 3 rings (SSSR count). The van der Waals surface area contributed by atoms with Gasteiger partial charge in [0, 0.05) is 0 Å². The van der Waals surface area contributed by atoms with Gasteiger partial charge in [-0.25, -0.2) is 0 Å². The Hall–Kier alpha value is -1.84. The summed E-state index contributed by atoms with van der Waals surface area (Å²) in [7, 11) is 0. The fourth-order valence-corrected chi connectivity index (χ4v) is 3.30. The summed E-state index contributed by atoms with van der Waals surface area (Å²) in [4.78, 5) is 26.2. The van der Waals surface area contributed by atoms with Gasteiger partial charge in [-0.05, 0) is 31.4 Å². The molecule has 100 valence electrons. The lowest BCUT2D eigenvalue weighted by Crippen LogP contribution is -2.31. The van der Waals surface area contributed by atoms with Gasteiger partial charge in [0.25, 0.3) is 0 Å². The van der Waals surface area contributed by atoms with E-state index in [1.807, 2.05) is 13.8 Å². The molecule has 1 saturated heterocycles. The number of likely N-dealkylation sites (tertiary alicyclic amines) is 1. The number of fused-ring (bicyclic) bond motifs is 1. The third-order valence-corrected chi connectivity index (χ3v) is 4.12. The second-order valence-electron chi connectivity index (χ2n) is 5.55. The molecule has 2 aliphatic rings. The van der Waals surface area contributed by atoms with Crippen LogP contribution < -0.4 is 0 Å². The fourth-order valence-electron chi connectivity index (χ4n) is 3.30. The van der Waals surface area contributed by atoms with Crippen LogP contribution >= 0.6 is 0 Å². The summed E-state index contributed by atoms with van der Waals surface area (Å²) in [6.45, 7) is 4.30. The molecule has 0 spiro atoms. The Morgan fingerprint density at radius 1 is 1.37 bits per heavy atom. The molecular weight excluding hydrogens is 242 g/mol. The summed E-state index contributed by atoms with van der Waals surface area (Å²) in [6, 6.07) is 3.55. The predicted molar refractivity (Wildman–Crippen MR) is 68.8 cm³/mol. The van der Waals surface area contributed by atoms with Crippen LogP contribution in [0, 0.1) is 17.8 Å². The molecule has 0 N–H and O–H groups in total. The van der Waals surface area contributed by atoms with E-state index in [2.05, 4.69) is 6.08 Å². The SMILES string of the molecule is CC1=CC(C)C2C(=O)N(Cc3ccco3)C(=O)C2C1. The molecule has 0 aromatic carbocycles. The zero-order valence-corrected chi connectivity index (χ0v) is 11.1. The number of hydrogen-bond donors (Lipinski definition) is 0. The monoisotopic (exact) mass is 259 g/mol. The summed E-state index contributed by atoms with van der Waals surface area (Å²) in [5, 5.41) is 0. The lowest BCUT2D eigenvalue weighted by atomic mass is 9.76. The maximum Gasteiger partial charge on any atom is 0.234 e. The standard InChI is InChI=1S/C15H17NO3/c1-9-6-10(2)13-12(7-9)14(17)16(15(13)18)8-11-4-3-5-19-11/h3-6,10,12-13H,7-8H2,1-2H3. The van der Waals surface area contributed by atoms with Crippen molar-refractivity contribution in [1.82, 2.24) is 4.90 Å². The molecule has 19 heavy (non-hydrogen) atoms. The second kappa shape index (κ2) is 4.37. The molecule has 0 saturated carbocycles. The van der Waals surface area contributed by atoms with Gasteiger partial charge in [-0.1, -0.05) is 18.6 Å². The number of rotatable bonds is 2. The number of imide groups is 1. The van der Waals surface area contributed by atoms with E-state index < -0.39 is 0 Å². The smallest absolute Gasteiger partial charge is 0.234 e. The van der Waals surface area contributed by atoms with Crippen molar-refractivity contribution in [3.63, 3.8) is 0 Å². The first-order valence-electron chi connectivity index (χ1n) is 6.63. The van der Waals surface area contributed by atoms with Crippen LogP contribution in [0.25, 0.3) is 0 Å². The number of carbonyl (C=O) groups excluding carboxylic acids is 2. The lowest BCUT2D eigenvalue weighted by Gasteiger charge is -2.25. The molecule has 1 aliphatic carbocycles. The highest BCUT2D eigenvalue weighted by Crippen LogP contribution is 2.41. The Labute approximate surface area is 112 Å². The minimum Gasteiger partial charge on any atom is -0.467 e. The molecule has 3 atom stereocenters. The maximum absolute atomic E-state index is 12.4. The maximum atomic E-state index is 12.4. The van der Waals surface area contributed by atoms with Gasteiger partial charge in [0.1, 0.15) is 5.76 Å². The number of carbonyl (C=O) groups is 2. The van der Waals surface area contributed by atoms with E-state index in [1.165, 1.54) is 10.5 Å². The van der Waals surface area contributed by atoms with E-state index >= 15 is 0 Å². The molecule has 2 amide bonds. The van der Waals surface area contributed by atoms with Crippen molar-refractivity contribution in [2.75, 3.05) is 0 Å². The Kier molecular flexibility index (Phi) is 2.81. The number of allylic oxidation sites excluding steroid dienone is 2. The normalized spacial score (nSPS) is 30.5. The van der Waals surface area contributed by atoms with Crippen molar-refractivity contribution in [3.8, 4) is 0 Å². The highest BCUT2D eigenvalue weighted by atomic mass is 16.3. The molecule has 4 heteroatoms. The van der Waals surface area contributed by atoms with E-state index in [9.17, 15) is 9.59 Å². The number of furan rings is 1. The van der Waals surface area contributed by atoms with Gasteiger partial charge in [-0.3, -0.25) is 14.5 Å². The largest absolute Gasteiger partial charge is 0.467 e. The van der Waals surface area contributed by atoms with Crippen LogP contribution in [0.1, 0.15) is 26.0 Å². The van der Waals surface area contributed by atoms with E-state index in [4.69, 9.17) is 4.42 Å². The topological polar surface area (TPSA) is 50.5 Å². The number of hydrogen-bond acceptors (Lipinski definition) is 3. The van der Waals surface area contributed by atoms with E-state index in [0.29, 0.717) is 12.2 Å². The van der Waals surface area contributed by atoms with Gasteiger partial charge >= 0.3 is 0 Å². The summed E-state index contributed by atoms with van der Waals surface area (Å²) in [5.41, 5.74) is 1.20. The predicted octanol–water partition coefficient (Wildman–Crippen LogP) is 2.37. The molecule has 2 heterocycles. The van der Waals surface area contributed by atoms with E-state index in [0.717, 1.165) is 0 Å². The molecule has 0 radical (unpaired) electrons. The Bertz CT molecular complexity index is 544. The molecule has 3 unspecified atom stereocenters. The third kappa shape index (κ3) is 1.91. The second-order valence-corrected chi connectivity index (χ2v) is 5.55. The number of nitrogens with zero attached hydrogens (tertiary/aromatic N) is 1. The minimum atomic E-state index is -0.189. The molecule has 1 aromatic rings. The van der Waals surface area contributed by atoms with Crippen molar-refractivity contribution in [2.24, 2.45) is 17.8 Å². The third-order valence-electron chi connectivity index (χ3n) is 4.12. The lowest BCUT2D eigenvalue weighted by molar-refractivity contribution is -0.141. The minimum absolute atomic E-state index is 0.0503. The Morgan fingerprint density at radius 3 is 2.84 bits per heavy atom. The average molecular weight is 259 g/mol. The van der Waals surface area contributed by atoms with Gasteiger partial charge < -0.3 is 4.42 Å². The molecule has 1 fully saturated rings. The first-order chi connectivity index (χ1) is 9.08. The van der Waals surface area contributed by atoms with Crippen LogP contribution in [0.15, 0.2) is 34.5 Å². The molecule has 1 aliphatic heterocycles. The van der Waals surface area contributed by atoms with Crippen LogP contribution in [0.5, 0.6) is 0 Å². The van der Waals surface area contributed by atoms with Crippen molar-refractivity contribution in [2.45, 2.75) is 26.8 Å². The highest BCUT2D eigenvalue weighted by molar-refractivity contribution is 6.05. The van der Waals surface area contributed by atoms with Crippen molar-refractivity contribution in [3.05, 3.63) is 35.8 Å². The summed E-state index contributed by atoms with van der Waals surface area (Å²) < 4.78 is 5.23. The molecule has 0 bridgehead atoms. The van der Waals surface area contributed by atoms with Crippen molar-refractivity contribution < 1.29 is 14.0 Å². The van der Waals surface area contributed by atoms with Gasteiger partial charge in [-0.2, -0.15) is 0 Å². The number of amides is 2. The van der Waals surface area contributed by atoms with Crippen molar-refractivity contribution in [1.29, 1.82) is 0 Å². The van der Waals surface area contributed by atoms with Gasteiger partial charge in [0.2, 0.25) is 11.8 Å². The van der Waals surface area contributed by atoms with E-state index in [-0.39, 0.29) is 36.1 Å². The Balaban J connectivity index is 1.86. The zero-order valence-electron chi connectivity index (χ0n) is 11.1. The van der Waals surface area contributed by atoms with Gasteiger partial charge in [0.15, 0.2) is 0 Å². The first kappa shape index (κ1) is 12.2. The average Bonchev–Trinajstić information content (AvgIpc) is 2.93. The van der Waals surface area contributed by atoms with Crippen LogP contribution in [0.2, 0.25) is 0 Å². The first-order valence-corrected chi connectivity index (χ1v) is 6.63. The molecule has 4 nitrogen and oxygen atoms in total. The van der Waals surface area contributed by atoms with Crippen molar-refractivity contribution >= 4 is 11.8 Å². The highest BCUT2D eigenvalue weighted by Gasteiger charge is 2.50. The van der Waals surface area contributed by atoms with E-state index in [1.54, 1.807) is 18.4 Å². The van der Waals surface area contributed by atoms with Crippen LogP contribution in [-0.2, 0) is 16.1 Å². The Morgan fingerprint density at radius 2 is 2.16 bits per heavy atom. The van der Waals surface area contributed by atoms with Crippen LogP contribution in [-0.4, -0.2) is 16.7 Å². The summed E-state index contributed by atoms with van der Waals surface area (Å²) in [5.74, 6) is 0.316. The summed E-state index contributed by atoms with van der Waals surface area (Å²) >= 11 is 0. The van der Waals surface area contributed by atoms with Gasteiger partial charge in [0.05, 0.1) is 24.6 Å². The zero-order chi connectivity index (χ0) is 13.6. The summed E-state index contributed by atoms with van der Waals surface area (Å²) in [6.07, 6.45) is 4.37. The quantitative estimate of drug-likeness (QED) is 0.605. The van der Waals surface area contributed by atoms with Gasteiger partial charge in [-0.15, -0.1) is 0 Å². The fraction of sp³-hybridized carbons (Fsp3) is 0.467. The van der Waals surface area contributed by atoms with Crippen LogP contribution in [0.4, 0.5) is 0 Å². The van der Waals surface area contributed by atoms with Crippen LogP contribution in [0.3, 0.4) is 0 Å².